The molecule has 0 saturated heterocycles. The molecule has 0 unspecified atom stereocenters. The molecule has 0 aromatic heterocycles. The van der Waals surface area contributed by atoms with Crippen LogP contribution in [0, 0.1) is 5.82 Å². The summed E-state index contributed by atoms with van der Waals surface area (Å²) < 4.78 is 13.0. The Labute approximate surface area is 113 Å². The zero-order valence-electron chi connectivity index (χ0n) is 11.6. The van der Waals surface area contributed by atoms with E-state index in [4.69, 9.17) is 0 Å². The van der Waals surface area contributed by atoms with Gasteiger partial charge in [0.25, 0.3) is 0 Å². The van der Waals surface area contributed by atoms with Gasteiger partial charge in [0.1, 0.15) is 5.82 Å². The van der Waals surface area contributed by atoms with E-state index < -0.39 is 0 Å². The molecule has 0 bridgehead atoms. The second-order valence-corrected chi connectivity index (χ2v) is 5.58. The number of likely N-dealkylation sites (N-methyl/N-ethyl adjacent to an activating group) is 1. The molecule has 0 radical (unpaired) electrons. The molecule has 1 aliphatic carbocycles. The van der Waals surface area contributed by atoms with Crippen molar-refractivity contribution in [2.45, 2.75) is 31.2 Å². The van der Waals surface area contributed by atoms with Crippen molar-refractivity contribution < 1.29 is 9.18 Å². The number of rotatable bonds is 4. The fourth-order valence-corrected chi connectivity index (χ4v) is 2.83. The van der Waals surface area contributed by atoms with Crippen molar-refractivity contribution in [3.05, 3.63) is 35.6 Å². The Balaban J connectivity index is 2.18. The number of amides is 1. The first-order chi connectivity index (χ1) is 9.02. The molecule has 104 valence electrons. The van der Waals surface area contributed by atoms with Gasteiger partial charge in [-0.3, -0.25) is 4.79 Å². The molecular weight excluding hydrogens is 243 g/mol. The Hall–Kier alpha value is -1.42. The van der Waals surface area contributed by atoms with E-state index in [-0.39, 0.29) is 17.3 Å². The van der Waals surface area contributed by atoms with Crippen LogP contribution in [0.5, 0.6) is 0 Å². The zero-order chi connectivity index (χ0) is 13.9. The summed E-state index contributed by atoms with van der Waals surface area (Å²) in [4.78, 5) is 13.9. The molecule has 1 amide bonds. The summed E-state index contributed by atoms with van der Waals surface area (Å²) in [6.45, 7) is 0.378. The minimum atomic E-state index is -0.305. The van der Waals surface area contributed by atoms with E-state index in [9.17, 15) is 9.18 Å². The fourth-order valence-electron chi connectivity index (χ4n) is 2.83. The van der Waals surface area contributed by atoms with Gasteiger partial charge in [-0.1, -0.05) is 25.0 Å². The molecular formula is C15H21FN2O. The lowest BCUT2D eigenvalue weighted by Crippen LogP contribution is -2.46. The average Bonchev–Trinajstić information content (AvgIpc) is 2.78. The fraction of sp³-hybridized carbons (Fsp3) is 0.533. The van der Waals surface area contributed by atoms with Crippen molar-refractivity contribution in [1.82, 2.24) is 10.2 Å². The Morgan fingerprint density at radius 1 is 1.26 bits per heavy atom. The first-order valence-electron chi connectivity index (χ1n) is 6.74. The molecule has 2 rings (SSSR count). The van der Waals surface area contributed by atoms with Crippen LogP contribution in [0.15, 0.2) is 24.3 Å². The Bertz CT molecular complexity index is 436. The molecule has 0 aliphatic heterocycles. The van der Waals surface area contributed by atoms with Crippen LogP contribution in [0.2, 0.25) is 0 Å². The molecule has 1 N–H and O–H groups in total. The van der Waals surface area contributed by atoms with Crippen LogP contribution >= 0.6 is 0 Å². The van der Waals surface area contributed by atoms with Crippen molar-refractivity contribution in [2.75, 3.05) is 20.6 Å². The first-order valence-corrected chi connectivity index (χ1v) is 6.74. The van der Waals surface area contributed by atoms with Crippen LogP contribution < -0.4 is 5.32 Å². The Morgan fingerprint density at radius 3 is 2.37 bits per heavy atom. The molecule has 0 atom stereocenters. The van der Waals surface area contributed by atoms with Gasteiger partial charge in [0.2, 0.25) is 5.91 Å². The average molecular weight is 264 g/mol. The summed E-state index contributed by atoms with van der Waals surface area (Å²) in [5.41, 5.74) is 0.708. The minimum Gasteiger partial charge on any atom is -0.345 e. The van der Waals surface area contributed by atoms with Crippen LogP contribution in [0.25, 0.3) is 0 Å². The smallest absolute Gasteiger partial charge is 0.234 e. The molecule has 0 spiro atoms. The number of carbonyl (C=O) groups is 1. The van der Waals surface area contributed by atoms with Gasteiger partial charge < -0.3 is 10.2 Å². The molecule has 3 nitrogen and oxygen atoms in total. The summed E-state index contributed by atoms with van der Waals surface area (Å²) in [6.07, 6.45) is 4.05. The van der Waals surface area contributed by atoms with Gasteiger partial charge in [0, 0.05) is 0 Å². The monoisotopic (exact) mass is 264 g/mol. The predicted octanol–water partition coefficient (Wildman–Crippen LogP) is 2.27. The maximum Gasteiger partial charge on any atom is 0.234 e. The third-order valence-electron chi connectivity index (χ3n) is 3.69. The largest absolute Gasteiger partial charge is 0.345 e. The number of benzene rings is 1. The molecule has 0 heterocycles. The van der Waals surface area contributed by atoms with E-state index in [0.29, 0.717) is 6.54 Å². The lowest BCUT2D eigenvalue weighted by atomic mass is 9.88. The normalized spacial score (nSPS) is 17.7. The number of halogens is 1. The number of nitrogens with one attached hydrogen (secondary N) is 1. The lowest BCUT2D eigenvalue weighted by molar-refractivity contribution is -0.123. The SMILES string of the molecule is CN(C)CC(=O)NC1(c2ccc(F)cc2)CCCC1. The zero-order valence-corrected chi connectivity index (χ0v) is 11.6. The third-order valence-corrected chi connectivity index (χ3v) is 3.69. The van der Waals surface area contributed by atoms with Gasteiger partial charge in [-0.05, 0) is 44.6 Å². The second-order valence-electron chi connectivity index (χ2n) is 5.58. The number of hydrogen-bond acceptors (Lipinski definition) is 2. The van der Waals surface area contributed by atoms with Gasteiger partial charge in [-0.25, -0.2) is 4.39 Å². The summed E-state index contributed by atoms with van der Waals surface area (Å²) in [7, 11) is 3.75. The van der Waals surface area contributed by atoms with Gasteiger partial charge in [0.15, 0.2) is 0 Å². The first kappa shape index (κ1) is 14.0. The molecule has 1 fully saturated rings. The predicted molar refractivity (Wildman–Crippen MR) is 73.2 cm³/mol. The summed E-state index contributed by atoms with van der Waals surface area (Å²) in [5.74, 6) is -0.215. The molecule has 1 aliphatic rings. The van der Waals surface area contributed by atoms with E-state index in [1.54, 1.807) is 12.1 Å². The van der Waals surface area contributed by atoms with Gasteiger partial charge in [-0.2, -0.15) is 0 Å². The third kappa shape index (κ3) is 3.32. The Kier molecular flexibility index (Phi) is 4.20. The van der Waals surface area contributed by atoms with Crippen molar-refractivity contribution in [3.8, 4) is 0 Å². The molecule has 1 saturated carbocycles. The molecule has 19 heavy (non-hydrogen) atoms. The standard InChI is InChI=1S/C15H21FN2O/c1-18(2)11-14(19)17-15(9-3-4-10-15)12-5-7-13(16)8-6-12/h5-8H,3-4,9-11H2,1-2H3,(H,17,19). The molecule has 1 aromatic rings. The van der Waals surface area contributed by atoms with E-state index in [1.807, 2.05) is 19.0 Å². The highest BCUT2D eigenvalue weighted by Gasteiger charge is 2.36. The number of nitrogens with zero attached hydrogens (tertiary/aromatic N) is 1. The van der Waals surface area contributed by atoms with E-state index in [2.05, 4.69) is 5.32 Å². The number of carbonyl (C=O) groups excluding carboxylic acids is 1. The van der Waals surface area contributed by atoms with Crippen LogP contribution in [-0.4, -0.2) is 31.4 Å². The van der Waals surface area contributed by atoms with Gasteiger partial charge in [0.05, 0.1) is 12.1 Å². The van der Waals surface area contributed by atoms with Crippen molar-refractivity contribution in [3.63, 3.8) is 0 Å². The van der Waals surface area contributed by atoms with Crippen molar-refractivity contribution in [2.24, 2.45) is 0 Å². The highest BCUT2D eigenvalue weighted by molar-refractivity contribution is 5.79. The highest BCUT2D eigenvalue weighted by Crippen LogP contribution is 2.38. The van der Waals surface area contributed by atoms with Crippen LogP contribution in [0.1, 0.15) is 31.2 Å². The highest BCUT2D eigenvalue weighted by atomic mass is 19.1. The van der Waals surface area contributed by atoms with Crippen molar-refractivity contribution >= 4 is 5.91 Å². The van der Waals surface area contributed by atoms with Crippen LogP contribution in [0.3, 0.4) is 0 Å². The molecule has 4 heteroatoms. The summed E-state index contributed by atoms with van der Waals surface area (Å²) in [6, 6.07) is 6.51. The quantitative estimate of drug-likeness (QED) is 0.905. The maximum atomic E-state index is 13.0. The summed E-state index contributed by atoms with van der Waals surface area (Å²) >= 11 is 0. The van der Waals surface area contributed by atoms with Gasteiger partial charge in [-0.15, -0.1) is 0 Å². The maximum absolute atomic E-state index is 13.0. The Morgan fingerprint density at radius 2 is 1.84 bits per heavy atom. The number of hydrogen-bond donors (Lipinski definition) is 1. The minimum absolute atomic E-state index is 0.0243. The van der Waals surface area contributed by atoms with Crippen LogP contribution in [-0.2, 0) is 10.3 Å². The second kappa shape index (κ2) is 5.70. The molecule has 1 aromatic carbocycles. The lowest BCUT2D eigenvalue weighted by Gasteiger charge is -2.31. The topological polar surface area (TPSA) is 32.3 Å². The van der Waals surface area contributed by atoms with Crippen LogP contribution in [0.4, 0.5) is 4.39 Å². The van der Waals surface area contributed by atoms with E-state index in [1.165, 1.54) is 12.1 Å². The van der Waals surface area contributed by atoms with Gasteiger partial charge >= 0.3 is 0 Å². The summed E-state index contributed by atoms with van der Waals surface area (Å²) in [5, 5.41) is 3.16. The van der Waals surface area contributed by atoms with E-state index >= 15 is 0 Å². The van der Waals surface area contributed by atoms with Crippen molar-refractivity contribution in [1.29, 1.82) is 0 Å². The van der Waals surface area contributed by atoms with E-state index in [0.717, 1.165) is 31.2 Å².